The average molecular weight is 587 g/mol. The van der Waals surface area contributed by atoms with Gasteiger partial charge in [0.25, 0.3) is 5.91 Å². The van der Waals surface area contributed by atoms with Crippen molar-refractivity contribution >= 4 is 39.9 Å². The predicted molar refractivity (Wildman–Crippen MR) is 165 cm³/mol. The Labute approximate surface area is 248 Å². The van der Waals surface area contributed by atoms with E-state index in [4.69, 9.17) is 26.8 Å². The van der Waals surface area contributed by atoms with Gasteiger partial charge in [0.05, 0.1) is 11.0 Å². The van der Waals surface area contributed by atoms with Crippen LogP contribution in [0.3, 0.4) is 0 Å². The molecule has 0 bridgehead atoms. The standard InChI is InChI=1S/C32H31ClN4O3S/c1-21(25-9-2-3-10-26(25)33)40-29-19-30(41-31(29)32(34)38)37-20-35-27-18-23(11-12-28(27)37)22-7-6-8-24(17-22)39-16-15-36-13-4-5-14-36/h2-3,6-12,17-21H,4-5,13-16H2,1H3,(H2,34,38)/t21-/m1/s1. The maximum absolute atomic E-state index is 12.3. The molecule has 210 valence electrons. The molecule has 0 saturated carbocycles. The Bertz CT molecular complexity index is 1690. The zero-order chi connectivity index (χ0) is 28.3. The molecule has 1 aliphatic rings. The molecule has 5 aromatic rings. The maximum atomic E-state index is 12.3. The molecule has 1 amide bonds. The van der Waals surface area contributed by atoms with Crippen LogP contribution in [0.25, 0.3) is 27.2 Å². The van der Waals surface area contributed by atoms with E-state index in [1.54, 1.807) is 6.33 Å². The van der Waals surface area contributed by atoms with Crippen molar-refractivity contribution in [2.24, 2.45) is 5.73 Å². The molecule has 0 aliphatic carbocycles. The second-order valence-electron chi connectivity index (χ2n) is 10.2. The van der Waals surface area contributed by atoms with Crippen LogP contribution in [0.5, 0.6) is 11.5 Å². The van der Waals surface area contributed by atoms with Crippen molar-refractivity contribution in [1.29, 1.82) is 0 Å². The van der Waals surface area contributed by atoms with E-state index in [2.05, 4.69) is 34.1 Å². The molecule has 0 spiro atoms. The number of imidazole rings is 1. The van der Waals surface area contributed by atoms with Crippen molar-refractivity contribution in [3.05, 3.63) is 94.6 Å². The Morgan fingerprint density at radius 1 is 1.05 bits per heavy atom. The van der Waals surface area contributed by atoms with Gasteiger partial charge in [0, 0.05) is 23.2 Å². The number of amides is 1. The number of hydrogen-bond donors (Lipinski definition) is 1. The molecule has 3 heterocycles. The number of carbonyl (C=O) groups excluding carboxylic acids is 1. The van der Waals surface area contributed by atoms with E-state index >= 15 is 0 Å². The van der Waals surface area contributed by atoms with E-state index in [1.807, 2.05) is 60.0 Å². The van der Waals surface area contributed by atoms with E-state index in [0.29, 0.717) is 22.3 Å². The monoisotopic (exact) mass is 586 g/mol. The van der Waals surface area contributed by atoms with Gasteiger partial charge < -0.3 is 15.2 Å². The van der Waals surface area contributed by atoms with Gasteiger partial charge in [0.15, 0.2) is 0 Å². The molecule has 9 heteroatoms. The fraction of sp³-hybridized carbons (Fsp3) is 0.250. The topological polar surface area (TPSA) is 82.6 Å². The largest absolute Gasteiger partial charge is 0.492 e. The molecule has 1 saturated heterocycles. The van der Waals surface area contributed by atoms with Crippen LogP contribution in [0.4, 0.5) is 0 Å². The fourth-order valence-electron chi connectivity index (χ4n) is 5.23. The molecule has 1 aliphatic heterocycles. The van der Waals surface area contributed by atoms with Crippen molar-refractivity contribution < 1.29 is 14.3 Å². The number of benzene rings is 3. The number of nitrogens with two attached hydrogens (primary N) is 1. The number of aromatic nitrogens is 2. The lowest BCUT2D eigenvalue weighted by molar-refractivity contribution is 0.0998. The first-order chi connectivity index (χ1) is 20.0. The Kier molecular flexibility index (Phi) is 7.96. The molecular formula is C32H31ClN4O3S. The number of rotatable bonds is 10. The Balaban J connectivity index is 1.23. The van der Waals surface area contributed by atoms with E-state index < -0.39 is 5.91 Å². The smallest absolute Gasteiger partial charge is 0.262 e. The summed E-state index contributed by atoms with van der Waals surface area (Å²) in [5.74, 6) is 0.741. The van der Waals surface area contributed by atoms with Gasteiger partial charge in [-0.15, -0.1) is 11.3 Å². The summed E-state index contributed by atoms with van der Waals surface area (Å²) < 4.78 is 14.2. The van der Waals surface area contributed by atoms with Gasteiger partial charge in [-0.1, -0.05) is 48.0 Å². The lowest BCUT2D eigenvalue weighted by Crippen LogP contribution is -2.25. The number of hydrogen-bond acceptors (Lipinski definition) is 6. The number of primary amides is 1. The number of carbonyl (C=O) groups is 1. The lowest BCUT2D eigenvalue weighted by atomic mass is 10.0. The summed E-state index contributed by atoms with van der Waals surface area (Å²) >= 11 is 7.63. The van der Waals surface area contributed by atoms with Crippen LogP contribution in [-0.2, 0) is 0 Å². The summed E-state index contributed by atoms with van der Waals surface area (Å²) in [6, 6.07) is 23.7. The third kappa shape index (κ3) is 5.95. The van der Waals surface area contributed by atoms with Crippen LogP contribution < -0.4 is 15.2 Å². The van der Waals surface area contributed by atoms with Crippen molar-refractivity contribution in [3.8, 4) is 27.6 Å². The van der Waals surface area contributed by atoms with Crippen LogP contribution in [0.15, 0.2) is 79.1 Å². The van der Waals surface area contributed by atoms with Crippen molar-refractivity contribution in [2.75, 3.05) is 26.2 Å². The van der Waals surface area contributed by atoms with E-state index in [0.717, 1.165) is 45.0 Å². The number of thiophene rings is 1. The second-order valence-corrected chi connectivity index (χ2v) is 11.6. The second kappa shape index (κ2) is 11.9. The number of halogens is 1. The zero-order valence-electron chi connectivity index (χ0n) is 22.8. The number of fused-ring (bicyclic) bond motifs is 1. The molecule has 2 aromatic heterocycles. The van der Waals surface area contributed by atoms with Gasteiger partial charge in [0.2, 0.25) is 0 Å². The summed E-state index contributed by atoms with van der Waals surface area (Å²) in [5, 5.41) is 1.38. The lowest BCUT2D eigenvalue weighted by Gasteiger charge is -2.16. The van der Waals surface area contributed by atoms with Gasteiger partial charge in [-0.25, -0.2) is 4.98 Å². The fourth-order valence-corrected chi connectivity index (χ4v) is 6.45. The SMILES string of the molecule is C[C@@H](Oc1cc(-n2cnc3cc(-c4cccc(OCCN5CCCC5)c4)ccc32)sc1C(N)=O)c1ccccc1Cl. The van der Waals surface area contributed by atoms with Gasteiger partial charge in [-0.3, -0.25) is 14.3 Å². The normalized spacial score (nSPS) is 14.4. The summed E-state index contributed by atoms with van der Waals surface area (Å²) in [4.78, 5) is 19.8. The molecular weight excluding hydrogens is 556 g/mol. The molecule has 1 atom stereocenters. The molecule has 1 fully saturated rings. The van der Waals surface area contributed by atoms with Crippen LogP contribution in [0.1, 0.15) is 41.1 Å². The first-order valence-corrected chi connectivity index (χ1v) is 14.9. The summed E-state index contributed by atoms with van der Waals surface area (Å²) in [6.07, 6.45) is 3.95. The minimum Gasteiger partial charge on any atom is -0.492 e. The zero-order valence-corrected chi connectivity index (χ0v) is 24.3. The van der Waals surface area contributed by atoms with Gasteiger partial charge in [-0.2, -0.15) is 0 Å². The highest BCUT2D eigenvalue weighted by atomic mass is 35.5. The molecule has 3 aromatic carbocycles. The van der Waals surface area contributed by atoms with Gasteiger partial charge >= 0.3 is 0 Å². The van der Waals surface area contributed by atoms with Crippen LogP contribution in [0, 0.1) is 0 Å². The quantitative estimate of drug-likeness (QED) is 0.188. The highest BCUT2D eigenvalue weighted by Gasteiger charge is 2.21. The van der Waals surface area contributed by atoms with Crippen molar-refractivity contribution in [2.45, 2.75) is 25.9 Å². The number of likely N-dealkylation sites (tertiary alicyclic amines) is 1. The summed E-state index contributed by atoms with van der Waals surface area (Å²) in [6.45, 7) is 5.87. The Morgan fingerprint density at radius 3 is 2.66 bits per heavy atom. The molecule has 6 rings (SSSR count). The number of nitrogens with zero attached hydrogens (tertiary/aromatic N) is 3. The average Bonchev–Trinajstić information content (AvgIpc) is 3.73. The van der Waals surface area contributed by atoms with E-state index in [-0.39, 0.29) is 6.10 Å². The predicted octanol–water partition coefficient (Wildman–Crippen LogP) is 7.12. The van der Waals surface area contributed by atoms with E-state index in [1.165, 1.54) is 37.3 Å². The van der Waals surface area contributed by atoms with Crippen LogP contribution >= 0.6 is 22.9 Å². The Hall–Kier alpha value is -3.85. The van der Waals surface area contributed by atoms with Crippen LogP contribution in [0.2, 0.25) is 5.02 Å². The molecule has 41 heavy (non-hydrogen) atoms. The van der Waals surface area contributed by atoms with Gasteiger partial charge in [0.1, 0.15) is 40.4 Å². The highest BCUT2D eigenvalue weighted by Crippen LogP contribution is 2.37. The molecule has 7 nitrogen and oxygen atoms in total. The summed E-state index contributed by atoms with van der Waals surface area (Å²) in [5.41, 5.74) is 10.4. The molecule has 0 unspecified atom stereocenters. The third-order valence-corrected chi connectivity index (χ3v) is 8.86. The van der Waals surface area contributed by atoms with Gasteiger partial charge in [-0.05, 0) is 74.3 Å². The minimum absolute atomic E-state index is 0.346. The van der Waals surface area contributed by atoms with Crippen molar-refractivity contribution in [3.63, 3.8) is 0 Å². The summed E-state index contributed by atoms with van der Waals surface area (Å²) in [7, 11) is 0. The molecule has 0 radical (unpaired) electrons. The first-order valence-electron chi connectivity index (χ1n) is 13.7. The highest BCUT2D eigenvalue weighted by molar-refractivity contribution is 7.16. The van der Waals surface area contributed by atoms with Crippen molar-refractivity contribution in [1.82, 2.24) is 14.5 Å². The Morgan fingerprint density at radius 2 is 1.85 bits per heavy atom. The van der Waals surface area contributed by atoms with Crippen LogP contribution in [-0.4, -0.2) is 46.6 Å². The maximum Gasteiger partial charge on any atom is 0.262 e. The first kappa shape index (κ1) is 27.3. The molecule has 2 N–H and O–H groups in total. The third-order valence-electron chi connectivity index (χ3n) is 7.38. The number of ether oxygens (including phenoxy) is 2. The van der Waals surface area contributed by atoms with E-state index in [9.17, 15) is 4.79 Å². The minimum atomic E-state index is -0.545.